The maximum atomic E-state index is 12.1. The predicted octanol–water partition coefficient (Wildman–Crippen LogP) is 1.43. The highest BCUT2D eigenvalue weighted by Gasteiger charge is 2.25. The summed E-state index contributed by atoms with van der Waals surface area (Å²) < 4.78 is 5.54. The molecule has 1 aromatic heterocycles. The number of piperidine rings is 1. The molecule has 1 amide bonds. The van der Waals surface area contributed by atoms with Crippen molar-refractivity contribution in [1.82, 2.24) is 9.88 Å². The monoisotopic (exact) mass is 250 g/mol. The smallest absolute Gasteiger partial charge is 0.276 e. The van der Waals surface area contributed by atoms with Crippen molar-refractivity contribution in [2.75, 3.05) is 19.7 Å². The minimum absolute atomic E-state index is 0.0607. The second kappa shape index (κ2) is 5.82. The van der Waals surface area contributed by atoms with E-state index >= 15 is 0 Å². The molecule has 0 unspecified atom stereocenters. The first-order chi connectivity index (χ1) is 8.72. The van der Waals surface area contributed by atoms with Gasteiger partial charge in [0.1, 0.15) is 5.75 Å². The lowest BCUT2D eigenvalue weighted by atomic mass is 10.1. The molecule has 1 fully saturated rings. The van der Waals surface area contributed by atoms with Gasteiger partial charge in [0.25, 0.3) is 5.91 Å². The summed E-state index contributed by atoms with van der Waals surface area (Å²) in [5.74, 6) is -0.266. The number of nitrogens with zero attached hydrogens (tertiary/aromatic N) is 2. The molecule has 1 aromatic rings. The quantitative estimate of drug-likeness (QED) is 0.881. The van der Waals surface area contributed by atoms with Crippen LogP contribution in [0, 0.1) is 0 Å². The molecule has 98 valence electrons. The number of pyridine rings is 1. The van der Waals surface area contributed by atoms with Gasteiger partial charge in [-0.2, -0.15) is 0 Å². The fourth-order valence-corrected chi connectivity index (χ4v) is 2.17. The van der Waals surface area contributed by atoms with Gasteiger partial charge in [0.05, 0.1) is 6.10 Å². The number of aromatic nitrogens is 1. The highest BCUT2D eigenvalue weighted by atomic mass is 16.5. The number of aromatic hydroxyl groups is 1. The van der Waals surface area contributed by atoms with Gasteiger partial charge in [-0.3, -0.25) is 4.79 Å². The van der Waals surface area contributed by atoms with Crippen LogP contribution in [0.5, 0.6) is 5.75 Å². The van der Waals surface area contributed by atoms with Crippen LogP contribution in [0.15, 0.2) is 18.3 Å². The van der Waals surface area contributed by atoms with E-state index in [2.05, 4.69) is 4.98 Å². The van der Waals surface area contributed by atoms with Gasteiger partial charge in [0.15, 0.2) is 5.69 Å². The van der Waals surface area contributed by atoms with E-state index in [1.165, 1.54) is 12.3 Å². The summed E-state index contributed by atoms with van der Waals surface area (Å²) in [6, 6.07) is 3.08. The lowest BCUT2D eigenvalue weighted by Gasteiger charge is -2.31. The molecule has 0 spiro atoms. The normalized spacial score (nSPS) is 16.8. The Morgan fingerprint density at radius 1 is 1.56 bits per heavy atom. The van der Waals surface area contributed by atoms with Gasteiger partial charge in [-0.05, 0) is 31.9 Å². The van der Waals surface area contributed by atoms with Crippen LogP contribution in [0.4, 0.5) is 0 Å². The summed E-state index contributed by atoms with van der Waals surface area (Å²) in [4.78, 5) is 17.8. The summed E-state index contributed by atoms with van der Waals surface area (Å²) in [5, 5.41) is 9.61. The van der Waals surface area contributed by atoms with Crippen molar-refractivity contribution in [1.29, 1.82) is 0 Å². The molecule has 2 heterocycles. The SMILES string of the molecule is CCOC1CCN(C(=O)c2ncccc2O)CC1. The van der Waals surface area contributed by atoms with E-state index in [9.17, 15) is 9.90 Å². The molecule has 0 radical (unpaired) electrons. The van der Waals surface area contributed by atoms with E-state index in [1.54, 1.807) is 11.0 Å². The van der Waals surface area contributed by atoms with Crippen molar-refractivity contribution in [2.24, 2.45) is 0 Å². The van der Waals surface area contributed by atoms with Crippen LogP contribution in [-0.2, 0) is 4.74 Å². The van der Waals surface area contributed by atoms with E-state index in [1.807, 2.05) is 6.92 Å². The number of hydrogen-bond donors (Lipinski definition) is 1. The number of hydrogen-bond acceptors (Lipinski definition) is 4. The van der Waals surface area contributed by atoms with Crippen LogP contribution in [0.1, 0.15) is 30.3 Å². The Morgan fingerprint density at radius 3 is 2.89 bits per heavy atom. The van der Waals surface area contributed by atoms with Crippen LogP contribution < -0.4 is 0 Å². The number of ether oxygens (including phenoxy) is 1. The molecule has 0 aromatic carbocycles. The molecule has 18 heavy (non-hydrogen) atoms. The van der Waals surface area contributed by atoms with Crippen molar-refractivity contribution < 1.29 is 14.6 Å². The molecule has 1 N–H and O–H groups in total. The molecule has 1 saturated heterocycles. The lowest BCUT2D eigenvalue weighted by Crippen LogP contribution is -2.41. The Morgan fingerprint density at radius 2 is 2.28 bits per heavy atom. The fraction of sp³-hybridized carbons (Fsp3) is 0.538. The number of carbonyl (C=O) groups excluding carboxylic acids is 1. The summed E-state index contributed by atoms with van der Waals surface area (Å²) in [6.45, 7) is 3.99. The van der Waals surface area contributed by atoms with Crippen molar-refractivity contribution in [3.8, 4) is 5.75 Å². The first-order valence-corrected chi connectivity index (χ1v) is 6.27. The zero-order valence-electron chi connectivity index (χ0n) is 10.5. The Labute approximate surface area is 106 Å². The van der Waals surface area contributed by atoms with Gasteiger partial charge in [-0.1, -0.05) is 0 Å². The summed E-state index contributed by atoms with van der Waals surface area (Å²) >= 11 is 0. The molecule has 1 aliphatic heterocycles. The third-order valence-electron chi connectivity index (χ3n) is 3.12. The predicted molar refractivity (Wildman–Crippen MR) is 66.5 cm³/mol. The van der Waals surface area contributed by atoms with Crippen molar-refractivity contribution in [3.63, 3.8) is 0 Å². The second-order valence-electron chi connectivity index (χ2n) is 4.32. The number of amides is 1. The lowest BCUT2D eigenvalue weighted by molar-refractivity contribution is 0.0143. The van der Waals surface area contributed by atoms with Crippen LogP contribution in [0.2, 0.25) is 0 Å². The topological polar surface area (TPSA) is 62.7 Å². The third-order valence-corrected chi connectivity index (χ3v) is 3.12. The van der Waals surface area contributed by atoms with Gasteiger partial charge >= 0.3 is 0 Å². The van der Waals surface area contributed by atoms with E-state index in [-0.39, 0.29) is 23.5 Å². The zero-order valence-corrected chi connectivity index (χ0v) is 10.5. The zero-order chi connectivity index (χ0) is 13.0. The molecule has 0 saturated carbocycles. The van der Waals surface area contributed by atoms with E-state index in [0.717, 1.165) is 12.8 Å². The molecule has 5 nitrogen and oxygen atoms in total. The van der Waals surface area contributed by atoms with Crippen LogP contribution in [0.3, 0.4) is 0 Å². The third kappa shape index (κ3) is 2.79. The number of carbonyl (C=O) groups is 1. The second-order valence-corrected chi connectivity index (χ2v) is 4.32. The molecule has 0 bridgehead atoms. The number of likely N-dealkylation sites (tertiary alicyclic amines) is 1. The van der Waals surface area contributed by atoms with Crippen molar-refractivity contribution >= 4 is 5.91 Å². The molecule has 5 heteroatoms. The maximum absolute atomic E-state index is 12.1. The van der Waals surface area contributed by atoms with Gasteiger partial charge in [-0.25, -0.2) is 4.98 Å². The largest absolute Gasteiger partial charge is 0.505 e. The molecule has 2 rings (SSSR count). The summed E-state index contributed by atoms with van der Waals surface area (Å²) in [7, 11) is 0. The first-order valence-electron chi connectivity index (χ1n) is 6.27. The highest BCUT2D eigenvalue weighted by molar-refractivity contribution is 5.94. The van der Waals surface area contributed by atoms with Crippen LogP contribution >= 0.6 is 0 Å². The minimum atomic E-state index is -0.206. The van der Waals surface area contributed by atoms with Crippen LogP contribution in [-0.4, -0.2) is 46.7 Å². The van der Waals surface area contributed by atoms with E-state index in [4.69, 9.17) is 4.74 Å². The average Bonchev–Trinajstić information content (AvgIpc) is 2.40. The van der Waals surface area contributed by atoms with Gasteiger partial charge < -0.3 is 14.7 Å². The summed E-state index contributed by atoms with van der Waals surface area (Å²) in [5.41, 5.74) is 0.132. The van der Waals surface area contributed by atoms with Crippen molar-refractivity contribution in [2.45, 2.75) is 25.9 Å². The first kappa shape index (κ1) is 12.8. The van der Waals surface area contributed by atoms with Gasteiger partial charge in [-0.15, -0.1) is 0 Å². The standard InChI is InChI=1S/C13H18N2O3/c1-2-18-10-5-8-15(9-6-10)13(17)12-11(16)4-3-7-14-12/h3-4,7,10,16H,2,5-6,8-9H2,1H3. The Kier molecular flexibility index (Phi) is 4.15. The Hall–Kier alpha value is -1.62. The fourth-order valence-electron chi connectivity index (χ4n) is 2.17. The maximum Gasteiger partial charge on any atom is 0.276 e. The molecule has 0 aliphatic carbocycles. The van der Waals surface area contributed by atoms with Gasteiger partial charge in [0.2, 0.25) is 0 Å². The molecule has 0 atom stereocenters. The summed E-state index contributed by atoms with van der Waals surface area (Å²) in [6.07, 6.45) is 3.44. The highest BCUT2D eigenvalue weighted by Crippen LogP contribution is 2.19. The minimum Gasteiger partial charge on any atom is -0.505 e. The Bertz CT molecular complexity index is 414. The molecule has 1 aliphatic rings. The molecular weight excluding hydrogens is 232 g/mol. The average molecular weight is 250 g/mol. The van der Waals surface area contributed by atoms with E-state index in [0.29, 0.717) is 19.7 Å². The van der Waals surface area contributed by atoms with Gasteiger partial charge in [0, 0.05) is 25.9 Å². The van der Waals surface area contributed by atoms with E-state index < -0.39 is 0 Å². The van der Waals surface area contributed by atoms with Crippen molar-refractivity contribution in [3.05, 3.63) is 24.0 Å². The molecular formula is C13H18N2O3. The Balaban J connectivity index is 1.98. The number of rotatable bonds is 3. The van der Waals surface area contributed by atoms with Crippen LogP contribution in [0.25, 0.3) is 0 Å².